The average Bonchev–Trinajstić information content (AvgIpc) is 2.41. The highest BCUT2D eigenvalue weighted by atomic mass is 19.1. The summed E-state index contributed by atoms with van der Waals surface area (Å²) in [5.41, 5.74) is 0.195. The Morgan fingerprint density at radius 3 is 2.68 bits per heavy atom. The molecule has 1 aromatic rings. The first-order valence-electron chi connectivity index (χ1n) is 6.41. The number of hydrogen-bond acceptors (Lipinski definition) is 2. The van der Waals surface area contributed by atoms with Gasteiger partial charge in [-0.2, -0.15) is 0 Å². The topological polar surface area (TPSA) is 40.5 Å². The fraction of sp³-hybridized carbons (Fsp3) is 0.400. The standard InChI is InChI=1S/C15H16FNO2/c16-14-11-13(15(18)19)7-6-12(14)5-4-10-17-8-2-1-3-9-17/h6-7,11H,1-3,8-10H2,(H,18,19). The Hall–Kier alpha value is -1.86. The number of carboxylic acids is 1. The van der Waals surface area contributed by atoms with E-state index in [4.69, 9.17) is 5.11 Å². The van der Waals surface area contributed by atoms with Crippen molar-refractivity contribution in [1.29, 1.82) is 0 Å². The van der Waals surface area contributed by atoms with E-state index in [0.717, 1.165) is 19.2 Å². The highest BCUT2D eigenvalue weighted by Gasteiger charge is 2.08. The Balaban J connectivity index is 2.01. The van der Waals surface area contributed by atoms with Crippen molar-refractivity contribution in [2.45, 2.75) is 19.3 Å². The molecule has 1 N–H and O–H groups in total. The van der Waals surface area contributed by atoms with E-state index in [1.54, 1.807) is 0 Å². The highest BCUT2D eigenvalue weighted by Crippen LogP contribution is 2.10. The van der Waals surface area contributed by atoms with Crippen LogP contribution >= 0.6 is 0 Å². The number of carboxylic acid groups (broad SMARTS) is 1. The fourth-order valence-electron chi connectivity index (χ4n) is 2.11. The average molecular weight is 261 g/mol. The molecule has 1 saturated heterocycles. The molecule has 1 heterocycles. The third kappa shape index (κ3) is 3.80. The van der Waals surface area contributed by atoms with Crippen LogP contribution in [0.3, 0.4) is 0 Å². The van der Waals surface area contributed by atoms with E-state index in [0.29, 0.717) is 6.54 Å². The van der Waals surface area contributed by atoms with E-state index in [-0.39, 0.29) is 11.1 Å². The third-order valence-corrected chi connectivity index (χ3v) is 3.19. The molecule has 0 bridgehead atoms. The second-order valence-electron chi connectivity index (χ2n) is 4.64. The molecule has 19 heavy (non-hydrogen) atoms. The molecule has 0 unspecified atom stereocenters. The number of piperidine rings is 1. The van der Waals surface area contributed by atoms with Crippen LogP contribution in [0, 0.1) is 17.7 Å². The molecule has 2 rings (SSSR count). The molecule has 0 amide bonds. The first-order chi connectivity index (χ1) is 9.16. The lowest BCUT2D eigenvalue weighted by atomic mass is 10.1. The van der Waals surface area contributed by atoms with E-state index in [9.17, 15) is 9.18 Å². The number of carbonyl (C=O) groups is 1. The van der Waals surface area contributed by atoms with Crippen LogP contribution in [0.25, 0.3) is 0 Å². The summed E-state index contributed by atoms with van der Waals surface area (Å²) in [6.07, 6.45) is 3.67. The molecule has 1 aliphatic rings. The van der Waals surface area contributed by atoms with Crippen molar-refractivity contribution in [2.24, 2.45) is 0 Å². The lowest BCUT2D eigenvalue weighted by Gasteiger charge is -2.23. The van der Waals surface area contributed by atoms with Crippen molar-refractivity contribution < 1.29 is 14.3 Å². The van der Waals surface area contributed by atoms with Crippen LogP contribution < -0.4 is 0 Å². The molecule has 0 saturated carbocycles. The van der Waals surface area contributed by atoms with Crippen LogP contribution in [0.1, 0.15) is 35.2 Å². The third-order valence-electron chi connectivity index (χ3n) is 3.19. The lowest BCUT2D eigenvalue weighted by molar-refractivity contribution is 0.0696. The normalized spacial score (nSPS) is 15.6. The number of benzene rings is 1. The van der Waals surface area contributed by atoms with Crippen LogP contribution in [0.4, 0.5) is 4.39 Å². The summed E-state index contributed by atoms with van der Waals surface area (Å²) in [6, 6.07) is 3.80. The summed E-state index contributed by atoms with van der Waals surface area (Å²) in [5, 5.41) is 8.74. The van der Waals surface area contributed by atoms with Crippen molar-refractivity contribution in [2.75, 3.05) is 19.6 Å². The molecule has 0 spiro atoms. The molecular weight excluding hydrogens is 245 g/mol. The summed E-state index contributed by atoms with van der Waals surface area (Å²) in [4.78, 5) is 12.9. The molecule has 100 valence electrons. The van der Waals surface area contributed by atoms with E-state index >= 15 is 0 Å². The first-order valence-corrected chi connectivity index (χ1v) is 6.41. The van der Waals surface area contributed by atoms with Gasteiger partial charge in [-0.05, 0) is 44.1 Å². The summed E-state index contributed by atoms with van der Waals surface area (Å²) in [5.74, 6) is 4.01. The Morgan fingerprint density at radius 1 is 1.32 bits per heavy atom. The minimum Gasteiger partial charge on any atom is -0.478 e. The Bertz CT molecular complexity index is 525. The number of likely N-dealkylation sites (tertiary alicyclic amines) is 1. The minimum absolute atomic E-state index is 0.0564. The molecule has 1 fully saturated rings. The molecule has 0 atom stereocenters. The SMILES string of the molecule is O=C(O)c1ccc(C#CCN2CCCCC2)c(F)c1. The van der Waals surface area contributed by atoms with Gasteiger partial charge in [0.1, 0.15) is 5.82 Å². The second-order valence-corrected chi connectivity index (χ2v) is 4.64. The number of aromatic carboxylic acids is 1. The lowest BCUT2D eigenvalue weighted by Crippen LogP contribution is -2.29. The molecule has 0 radical (unpaired) electrons. The molecule has 4 heteroatoms. The number of hydrogen-bond donors (Lipinski definition) is 1. The van der Waals surface area contributed by atoms with Gasteiger partial charge in [0.25, 0.3) is 0 Å². The van der Waals surface area contributed by atoms with Crippen molar-refractivity contribution in [1.82, 2.24) is 4.90 Å². The Kier molecular flexibility index (Phi) is 4.53. The van der Waals surface area contributed by atoms with Crippen LogP contribution in [-0.4, -0.2) is 35.6 Å². The van der Waals surface area contributed by atoms with Gasteiger partial charge >= 0.3 is 5.97 Å². The fourth-order valence-corrected chi connectivity index (χ4v) is 2.11. The highest BCUT2D eigenvalue weighted by molar-refractivity contribution is 5.87. The van der Waals surface area contributed by atoms with Gasteiger partial charge in [0.15, 0.2) is 0 Å². The zero-order chi connectivity index (χ0) is 13.7. The van der Waals surface area contributed by atoms with E-state index in [2.05, 4.69) is 16.7 Å². The van der Waals surface area contributed by atoms with E-state index in [1.165, 1.54) is 31.4 Å². The quantitative estimate of drug-likeness (QED) is 0.831. The van der Waals surface area contributed by atoms with Gasteiger partial charge in [-0.1, -0.05) is 18.3 Å². The zero-order valence-corrected chi connectivity index (χ0v) is 10.7. The van der Waals surface area contributed by atoms with Gasteiger partial charge < -0.3 is 5.11 Å². The van der Waals surface area contributed by atoms with Crippen LogP contribution in [-0.2, 0) is 0 Å². The largest absolute Gasteiger partial charge is 0.478 e. The van der Waals surface area contributed by atoms with Gasteiger partial charge in [-0.15, -0.1) is 0 Å². The number of rotatable bonds is 2. The summed E-state index contributed by atoms with van der Waals surface area (Å²) in [6.45, 7) is 2.74. The molecule has 1 aromatic carbocycles. The van der Waals surface area contributed by atoms with Gasteiger partial charge in [0.05, 0.1) is 17.7 Å². The smallest absolute Gasteiger partial charge is 0.335 e. The van der Waals surface area contributed by atoms with E-state index in [1.807, 2.05) is 0 Å². The monoisotopic (exact) mass is 261 g/mol. The van der Waals surface area contributed by atoms with Crippen molar-refractivity contribution >= 4 is 5.97 Å². The maximum atomic E-state index is 13.6. The molecule has 3 nitrogen and oxygen atoms in total. The van der Waals surface area contributed by atoms with E-state index < -0.39 is 11.8 Å². The second kappa shape index (κ2) is 6.35. The molecule has 0 aromatic heterocycles. The Morgan fingerprint density at radius 2 is 2.05 bits per heavy atom. The van der Waals surface area contributed by atoms with Crippen molar-refractivity contribution in [3.05, 3.63) is 35.1 Å². The van der Waals surface area contributed by atoms with Gasteiger partial charge in [0, 0.05) is 0 Å². The van der Waals surface area contributed by atoms with Crippen LogP contribution in [0.5, 0.6) is 0 Å². The van der Waals surface area contributed by atoms with Gasteiger partial charge in [-0.3, -0.25) is 4.90 Å². The Labute approximate surface area is 112 Å². The van der Waals surface area contributed by atoms with Crippen molar-refractivity contribution in [3.63, 3.8) is 0 Å². The summed E-state index contributed by atoms with van der Waals surface area (Å²) in [7, 11) is 0. The predicted octanol–water partition coefficient (Wildman–Crippen LogP) is 2.36. The first kappa shape index (κ1) is 13.6. The molecule has 0 aliphatic carbocycles. The number of halogens is 1. The minimum atomic E-state index is -1.13. The molecular formula is C15H16FNO2. The van der Waals surface area contributed by atoms with Crippen LogP contribution in [0.15, 0.2) is 18.2 Å². The summed E-state index contributed by atoms with van der Waals surface area (Å²) >= 11 is 0. The van der Waals surface area contributed by atoms with Crippen LogP contribution in [0.2, 0.25) is 0 Å². The number of nitrogens with zero attached hydrogens (tertiary/aromatic N) is 1. The maximum absolute atomic E-state index is 13.6. The van der Waals surface area contributed by atoms with Crippen molar-refractivity contribution in [3.8, 4) is 11.8 Å². The zero-order valence-electron chi connectivity index (χ0n) is 10.7. The molecule has 1 aliphatic heterocycles. The van der Waals surface area contributed by atoms with Gasteiger partial charge in [-0.25, -0.2) is 9.18 Å². The summed E-state index contributed by atoms with van der Waals surface area (Å²) < 4.78 is 13.6. The maximum Gasteiger partial charge on any atom is 0.335 e. The van der Waals surface area contributed by atoms with Gasteiger partial charge in [0.2, 0.25) is 0 Å². The predicted molar refractivity (Wildman–Crippen MR) is 70.5 cm³/mol.